The SMILES string of the molecule is CN[C@@]1(CO)CC[C@@H](C)C1. The summed E-state index contributed by atoms with van der Waals surface area (Å²) in [6.07, 6.45) is 3.50. The fourth-order valence-corrected chi connectivity index (χ4v) is 1.84. The van der Waals surface area contributed by atoms with Gasteiger partial charge < -0.3 is 10.4 Å². The van der Waals surface area contributed by atoms with Gasteiger partial charge in [-0.05, 0) is 32.2 Å². The molecule has 1 aliphatic carbocycles. The first-order valence-electron chi connectivity index (χ1n) is 4.02. The van der Waals surface area contributed by atoms with Gasteiger partial charge in [0.25, 0.3) is 0 Å². The Morgan fingerprint density at radius 3 is 2.60 bits per heavy atom. The van der Waals surface area contributed by atoms with Gasteiger partial charge in [-0.1, -0.05) is 6.92 Å². The number of likely N-dealkylation sites (N-methyl/N-ethyl adjacent to an activating group) is 1. The van der Waals surface area contributed by atoms with E-state index in [0.29, 0.717) is 0 Å². The van der Waals surface area contributed by atoms with Gasteiger partial charge in [0.05, 0.1) is 6.61 Å². The number of nitrogens with one attached hydrogen (secondary N) is 1. The second kappa shape index (κ2) is 2.89. The largest absolute Gasteiger partial charge is 0.394 e. The van der Waals surface area contributed by atoms with Gasteiger partial charge in [-0.25, -0.2) is 0 Å². The zero-order chi connectivity index (χ0) is 7.61. The molecular weight excluding hydrogens is 126 g/mol. The van der Waals surface area contributed by atoms with Gasteiger partial charge in [0, 0.05) is 5.54 Å². The van der Waals surface area contributed by atoms with Crippen LogP contribution in [0.1, 0.15) is 26.2 Å². The highest BCUT2D eigenvalue weighted by Gasteiger charge is 2.34. The molecule has 1 rings (SSSR count). The first-order valence-corrected chi connectivity index (χ1v) is 4.02. The topological polar surface area (TPSA) is 32.3 Å². The van der Waals surface area contributed by atoms with Crippen LogP contribution in [0.25, 0.3) is 0 Å². The maximum atomic E-state index is 9.07. The van der Waals surface area contributed by atoms with Crippen LogP contribution in [-0.2, 0) is 0 Å². The Morgan fingerprint density at radius 2 is 2.40 bits per heavy atom. The third-order valence-corrected chi connectivity index (χ3v) is 2.69. The lowest BCUT2D eigenvalue weighted by molar-refractivity contribution is 0.169. The summed E-state index contributed by atoms with van der Waals surface area (Å²) < 4.78 is 0. The Kier molecular flexibility index (Phi) is 2.32. The molecule has 2 heteroatoms. The minimum Gasteiger partial charge on any atom is -0.394 e. The monoisotopic (exact) mass is 143 g/mol. The number of aliphatic hydroxyl groups excluding tert-OH is 1. The van der Waals surface area contributed by atoms with Crippen molar-refractivity contribution in [1.29, 1.82) is 0 Å². The Hall–Kier alpha value is -0.0800. The minimum atomic E-state index is 0.0550. The van der Waals surface area contributed by atoms with Crippen molar-refractivity contribution in [1.82, 2.24) is 5.32 Å². The summed E-state index contributed by atoms with van der Waals surface area (Å²) in [4.78, 5) is 0. The summed E-state index contributed by atoms with van der Waals surface area (Å²) in [5, 5.41) is 12.3. The standard InChI is InChI=1S/C8H17NO/c1-7-3-4-8(5-7,6-10)9-2/h7,9-10H,3-6H2,1-2H3/t7-,8+/m1/s1. The van der Waals surface area contributed by atoms with E-state index in [1.165, 1.54) is 6.42 Å². The van der Waals surface area contributed by atoms with Crippen LogP contribution in [0.2, 0.25) is 0 Å². The van der Waals surface area contributed by atoms with E-state index in [9.17, 15) is 0 Å². The molecule has 0 radical (unpaired) electrons. The molecule has 2 atom stereocenters. The van der Waals surface area contributed by atoms with Gasteiger partial charge in [-0.15, -0.1) is 0 Å². The smallest absolute Gasteiger partial charge is 0.0613 e. The predicted octanol–water partition coefficient (Wildman–Crippen LogP) is 0.757. The lowest BCUT2D eigenvalue weighted by atomic mass is 9.98. The van der Waals surface area contributed by atoms with E-state index < -0.39 is 0 Å². The van der Waals surface area contributed by atoms with Crippen molar-refractivity contribution in [3.63, 3.8) is 0 Å². The first-order chi connectivity index (χ1) is 4.72. The fourth-order valence-electron chi connectivity index (χ4n) is 1.84. The Bertz CT molecular complexity index is 110. The van der Waals surface area contributed by atoms with Crippen LogP contribution in [0.3, 0.4) is 0 Å². The van der Waals surface area contributed by atoms with E-state index in [4.69, 9.17) is 5.11 Å². The molecule has 0 aromatic rings. The van der Waals surface area contributed by atoms with Crippen LogP contribution in [-0.4, -0.2) is 24.3 Å². The molecule has 0 saturated heterocycles. The average molecular weight is 143 g/mol. The lowest BCUT2D eigenvalue weighted by Crippen LogP contribution is -2.43. The van der Waals surface area contributed by atoms with Gasteiger partial charge in [0.15, 0.2) is 0 Å². The third-order valence-electron chi connectivity index (χ3n) is 2.69. The molecule has 0 amide bonds. The van der Waals surface area contributed by atoms with Crippen molar-refractivity contribution in [3.8, 4) is 0 Å². The van der Waals surface area contributed by atoms with Crippen molar-refractivity contribution in [2.45, 2.75) is 31.7 Å². The maximum absolute atomic E-state index is 9.07. The van der Waals surface area contributed by atoms with Crippen molar-refractivity contribution in [2.24, 2.45) is 5.92 Å². The molecule has 2 nitrogen and oxygen atoms in total. The zero-order valence-electron chi connectivity index (χ0n) is 6.85. The summed E-state index contributed by atoms with van der Waals surface area (Å²) >= 11 is 0. The lowest BCUT2D eigenvalue weighted by Gasteiger charge is -2.25. The molecule has 0 heterocycles. The minimum absolute atomic E-state index is 0.0550. The molecule has 0 unspecified atom stereocenters. The highest BCUT2D eigenvalue weighted by molar-refractivity contribution is 4.93. The normalized spacial score (nSPS) is 40.5. The fraction of sp³-hybridized carbons (Fsp3) is 1.00. The van der Waals surface area contributed by atoms with Crippen LogP contribution >= 0.6 is 0 Å². The first kappa shape index (κ1) is 8.02. The van der Waals surface area contributed by atoms with Crippen molar-refractivity contribution < 1.29 is 5.11 Å². The molecule has 2 N–H and O–H groups in total. The molecule has 0 bridgehead atoms. The Morgan fingerprint density at radius 1 is 1.70 bits per heavy atom. The summed E-state index contributed by atoms with van der Waals surface area (Å²) in [6.45, 7) is 2.53. The van der Waals surface area contributed by atoms with Gasteiger partial charge in [0.1, 0.15) is 0 Å². The molecule has 1 fully saturated rings. The Balaban J connectivity index is 2.51. The van der Waals surface area contributed by atoms with Crippen LogP contribution < -0.4 is 5.32 Å². The number of rotatable bonds is 2. The molecule has 60 valence electrons. The van der Waals surface area contributed by atoms with E-state index in [2.05, 4.69) is 12.2 Å². The van der Waals surface area contributed by atoms with Gasteiger partial charge in [0.2, 0.25) is 0 Å². The van der Waals surface area contributed by atoms with Gasteiger partial charge in [-0.2, -0.15) is 0 Å². The van der Waals surface area contributed by atoms with E-state index in [-0.39, 0.29) is 12.1 Å². The van der Waals surface area contributed by atoms with E-state index in [1.54, 1.807) is 0 Å². The van der Waals surface area contributed by atoms with Crippen LogP contribution in [0.4, 0.5) is 0 Å². The molecular formula is C8H17NO. The number of hydrogen-bond acceptors (Lipinski definition) is 2. The molecule has 10 heavy (non-hydrogen) atoms. The summed E-state index contributed by atoms with van der Waals surface area (Å²) in [6, 6.07) is 0. The van der Waals surface area contributed by atoms with Gasteiger partial charge >= 0.3 is 0 Å². The van der Waals surface area contributed by atoms with Crippen LogP contribution in [0.5, 0.6) is 0 Å². The average Bonchev–Trinajstić information content (AvgIpc) is 2.33. The second-order valence-electron chi connectivity index (χ2n) is 3.54. The highest BCUT2D eigenvalue weighted by atomic mass is 16.3. The summed E-state index contributed by atoms with van der Waals surface area (Å²) in [7, 11) is 1.94. The molecule has 0 spiro atoms. The van der Waals surface area contributed by atoms with E-state index in [0.717, 1.165) is 18.8 Å². The van der Waals surface area contributed by atoms with Crippen molar-refractivity contribution >= 4 is 0 Å². The quantitative estimate of drug-likeness (QED) is 0.598. The molecule has 0 aromatic carbocycles. The second-order valence-corrected chi connectivity index (χ2v) is 3.54. The molecule has 1 saturated carbocycles. The molecule has 1 aliphatic rings. The van der Waals surface area contributed by atoms with E-state index in [1.807, 2.05) is 7.05 Å². The number of hydrogen-bond donors (Lipinski definition) is 2. The number of aliphatic hydroxyl groups is 1. The zero-order valence-corrected chi connectivity index (χ0v) is 6.85. The molecule has 0 aromatic heterocycles. The third kappa shape index (κ3) is 1.32. The van der Waals surface area contributed by atoms with E-state index >= 15 is 0 Å². The Labute approximate surface area is 62.6 Å². The predicted molar refractivity (Wildman–Crippen MR) is 41.9 cm³/mol. The molecule has 0 aliphatic heterocycles. The summed E-state index contributed by atoms with van der Waals surface area (Å²) in [5.74, 6) is 0.777. The highest BCUT2D eigenvalue weighted by Crippen LogP contribution is 2.33. The van der Waals surface area contributed by atoms with Crippen LogP contribution in [0.15, 0.2) is 0 Å². The summed E-state index contributed by atoms with van der Waals surface area (Å²) in [5.41, 5.74) is 0.0550. The van der Waals surface area contributed by atoms with Crippen molar-refractivity contribution in [2.75, 3.05) is 13.7 Å². The van der Waals surface area contributed by atoms with Gasteiger partial charge in [-0.3, -0.25) is 0 Å². The van der Waals surface area contributed by atoms with Crippen LogP contribution in [0, 0.1) is 5.92 Å². The van der Waals surface area contributed by atoms with Crippen molar-refractivity contribution in [3.05, 3.63) is 0 Å². The maximum Gasteiger partial charge on any atom is 0.0613 e.